The summed E-state index contributed by atoms with van der Waals surface area (Å²) in [5.74, 6) is 0.762. The number of ether oxygens (including phenoxy) is 1. The van der Waals surface area contributed by atoms with Crippen LogP contribution in [0.5, 0.6) is 5.75 Å². The lowest BCUT2D eigenvalue weighted by atomic mass is 10.2. The first kappa shape index (κ1) is 12.6. The van der Waals surface area contributed by atoms with E-state index in [-0.39, 0.29) is 6.61 Å². The Morgan fingerprint density at radius 3 is 2.94 bits per heavy atom. The maximum absolute atomic E-state index is 9.06. The van der Waals surface area contributed by atoms with E-state index in [2.05, 4.69) is 23.4 Å². The Morgan fingerprint density at radius 1 is 1.39 bits per heavy atom. The fraction of sp³-hybridized carbons (Fsp3) is 0.357. The molecule has 0 aliphatic heterocycles. The minimum Gasteiger partial charge on any atom is -0.487 e. The van der Waals surface area contributed by atoms with Gasteiger partial charge in [0.15, 0.2) is 0 Å². The third-order valence-corrected chi connectivity index (χ3v) is 2.77. The third kappa shape index (κ3) is 2.90. The SMILES string of the molecule is CC(C)n1cncc1COc1cccc(CO)c1. The standard InChI is InChI=1S/C14H18N2O2/c1-11(2)16-10-15-7-13(16)9-18-14-5-3-4-12(6-14)8-17/h3-7,10-11,17H,8-9H2,1-2H3. The number of imidazole rings is 1. The summed E-state index contributed by atoms with van der Waals surface area (Å²) < 4.78 is 7.79. The third-order valence-electron chi connectivity index (χ3n) is 2.77. The van der Waals surface area contributed by atoms with E-state index in [0.717, 1.165) is 17.0 Å². The summed E-state index contributed by atoms with van der Waals surface area (Å²) >= 11 is 0. The maximum Gasteiger partial charge on any atom is 0.130 e. The van der Waals surface area contributed by atoms with E-state index in [0.29, 0.717) is 12.6 Å². The molecule has 0 fully saturated rings. The minimum absolute atomic E-state index is 0.0289. The summed E-state index contributed by atoms with van der Waals surface area (Å²) in [7, 11) is 0. The molecule has 0 saturated heterocycles. The van der Waals surface area contributed by atoms with Gasteiger partial charge in [-0.3, -0.25) is 0 Å². The number of benzene rings is 1. The van der Waals surface area contributed by atoms with Gasteiger partial charge in [0.05, 0.1) is 24.8 Å². The van der Waals surface area contributed by atoms with Crippen molar-refractivity contribution in [1.29, 1.82) is 0 Å². The van der Waals surface area contributed by atoms with Crippen LogP contribution in [-0.4, -0.2) is 14.7 Å². The predicted octanol–water partition coefficient (Wildman–Crippen LogP) is 2.54. The van der Waals surface area contributed by atoms with Crippen LogP contribution in [0.15, 0.2) is 36.8 Å². The Hall–Kier alpha value is -1.81. The molecular formula is C14H18N2O2. The van der Waals surface area contributed by atoms with Gasteiger partial charge in [0, 0.05) is 6.04 Å². The first-order chi connectivity index (χ1) is 8.70. The van der Waals surface area contributed by atoms with E-state index in [1.165, 1.54) is 0 Å². The summed E-state index contributed by atoms with van der Waals surface area (Å²) in [6, 6.07) is 7.84. The van der Waals surface area contributed by atoms with Crippen molar-refractivity contribution in [2.75, 3.05) is 0 Å². The number of aliphatic hydroxyl groups is 1. The van der Waals surface area contributed by atoms with Crippen molar-refractivity contribution in [2.24, 2.45) is 0 Å². The van der Waals surface area contributed by atoms with Gasteiger partial charge in [0.1, 0.15) is 12.4 Å². The summed E-state index contributed by atoms with van der Waals surface area (Å²) in [6.07, 6.45) is 3.63. The summed E-state index contributed by atoms with van der Waals surface area (Å²) in [5, 5.41) is 9.06. The highest BCUT2D eigenvalue weighted by Gasteiger charge is 2.06. The molecular weight excluding hydrogens is 228 g/mol. The molecule has 0 radical (unpaired) electrons. The average molecular weight is 246 g/mol. The zero-order chi connectivity index (χ0) is 13.0. The van der Waals surface area contributed by atoms with Gasteiger partial charge in [-0.25, -0.2) is 4.98 Å². The van der Waals surface area contributed by atoms with E-state index in [1.807, 2.05) is 36.8 Å². The number of aliphatic hydroxyl groups excluding tert-OH is 1. The molecule has 0 aliphatic rings. The molecule has 0 atom stereocenters. The van der Waals surface area contributed by atoms with E-state index >= 15 is 0 Å². The van der Waals surface area contributed by atoms with Crippen LogP contribution in [0.1, 0.15) is 31.1 Å². The van der Waals surface area contributed by atoms with Crippen LogP contribution >= 0.6 is 0 Å². The van der Waals surface area contributed by atoms with E-state index < -0.39 is 0 Å². The summed E-state index contributed by atoms with van der Waals surface area (Å²) in [5.41, 5.74) is 1.89. The zero-order valence-corrected chi connectivity index (χ0v) is 10.7. The monoisotopic (exact) mass is 246 g/mol. The Labute approximate surface area is 107 Å². The summed E-state index contributed by atoms with van der Waals surface area (Å²) in [6.45, 7) is 4.73. The fourth-order valence-electron chi connectivity index (χ4n) is 1.80. The molecule has 96 valence electrons. The second-order valence-electron chi connectivity index (χ2n) is 4.48. The predicted molar refractivity (Wildman–Crippen MR) is 69.3 cm³/mol. The number of rotatable bonds is 5. The van der Waals surface area contributed by atoms with E-state index in [1.54, 1.807) is 0 Å². The molecule has 0 saturated carbocycles. The normalized spacial score (nSPS) is 10.9. The van der Waals surface area contributed by atoms with Crippen LogP contribution in [0.25, 0.3) is 0 Å². The number of aromatic nitrogens is 2. The van der Waals surface area contributed by atoms with Crippen molar-refractivity contribution < 1.29 is 9.84 Å². The molecule has 4 heteroatoms. The van der Waals surface area contributed by atoms with Gasteiger partial charge in [0.25, 0.3) is 0 Å². The lowest BCUT2D eigenvalue weighted by Gasteiger charge is -2.12. The zero-order valence-electron chi connectivity index (χ0n) is 10.7. The van der Waals surface area contributed by atoms with Crippen molar-refractivity contribution in [3.63, 3.8) is 0 Å². The van der Waals surface area contributed by atoms with Crippen LogP contribution in [0.4, 0.5) is 0 Å². The van der Waals surface area contributed by atoms with Crippen LogP contribution in [-0.2, 0) is 13.2 Å². The second kappa shape index (κ2) is 5.69. The Bertz CT molecular complexity index is 506. The number of nitrogens with zero attached hydrogens (tertiary/aromatic N) is 2. The lowest BCUT2D eigenvalue weighted by Crippen LogP contribution is -2.07. The molecule has 1 aromatic carbocycles. The fourth-order valence-corrected chi connectivity index (χ4v) is 1.80. The van der Waals surface area contributed by atoms with Crippen molar-refractivity contribution in [3.05, 3.63) is 48.0 Å². The smallest absolute Gasteiger partial charge is 0.130 e. The lowest BCUT2D eigenvalue weighted by molar-refractivity contribution is 0.275. The first-order valence-corrected chi connectivity index (χ1v) is 6.04. The molecule has 0 unspecified atom stereocenters. The quantitative estimate of drug-likeness (QED) is 0.882. The Kier molecular flexibility index (Phi) is 3.99. The second-order valence-corrected chi connectivity index (χ2v) is 4.48. The molecule has 0 bridgehead atoms. The molecule has 2 aromatic rings. The highest BCUT2D eigenvalue weighted by Crippen LogP contribution is 2.16. The van der Waals surface area contributed by atoms with Gasteiger partial charge in [-0.2, -0.15) is 0 Å². The van der Waals surface area contributed by atoms with Crippen molar-refractivity contribution in [1.82, 2.24) is 9.55 Å². The van der Waals surface area contributed by atoms with Gasteiger partial charge in [-0.15, -0.1) is 0 Å². The van der Waals surface area contributed by atoms with Gasteiger partial charge in [0.2, 0.25) is 0 Å². The minimum atomic E-state index is 0.0289. The summed E-state index contributed by atoms with van der Waals surface area (Å²) in [4.78, 5) is 4.13. The van der Waals surface area contributed by atoms with Crippen molar-refractivity contribution in [3.8, 4) is 5.75 Å². The van der Waals surface area contributed by atoms with Crippen LogP contribution in [0.2, 0.25) is 0 Å². The molecule has 1 heterocycles. The van der Waals surface area contributed by atoms with Crippen molar-refractivity contribution >= 4 is 0 Å². The Morgan fingerprint density at radius 2 is 2.22 bits per heavy atom. The topological polar surface area (TPSA) is 47.3 Å². The number of hydrogen-bond acceptors (Lipinski definition) is 3. The molecule has 0 amide bonds. The highest BCUT2D eigenvalue weighted by molar-refractivity contribution is 5.28. The highest BCUT2D eigenvalue weighted by atomic mass is 16.5. The van der Waals surface area contributed by atoms with Gasteiger partial charge < -0.3 is 14.4 Å². The maximum atomic E-state index is 9.06. The van der Waals surface area contributed by atoms with Gasteiger partial charge in [-0.1, -0.05) is 12.1 Å². The van der Waals surface area contributed by atoms with Gasteiger partial charge >= 0.3 is 0 Å². The molecule has 18 heavy (non-hydrogen) atoms. The first-order valence-electron chi connectivity index (χ1n) is 6.04. The van der Waals surface area contributed by atoms with E-state index in [9.17, 15) is 0 Å². The average Bonchev–Trinajstić information content (AvgIpc) is 2.85. The molecule has 0 spiro atoms. The Balaban J connectivity index is 2.04. The van der Waals surface area contributed by atoms with Crippen LogP contribution in [0, 0.1) is 0 Å². The molecule has 1 N–H and O–H groups in total. The van der Waals surface area contributed by atoms with Crippen LogP contribution in [0.3, 0.4) is 0 Å². The molecule has 4 nitrogen and oxygen atoms in total. The molecule has 1 aromatic heterocycles. The van der Waals surface area contributed by atoms with Crippen LogP contribution < -0.4 is 4.74 Å². The number of hydrogen-bond donors (Lipinski definition) is 1. The van der Waals surface area contributed by atoms with Gasteiger partial charge in [-0.05, 0) is 31.5 Å². The largest absolute Gasteiger partial charge is 0.487 e. The molecule has 0 aliphatic carbocycles. The molecule has 2 rings (SSSR count). The van der Waals surface area contributed by atoms with Crippen molar-refractivity contribution in [2.45, 2.75) is 33.1 Å². The van der Waals surface area contributed by atoms with E-state index in [4.69, 9.17) is 9.84 Å².